The summed E-state index contributed by atoms with van der Waals surface area (Å²) in [7, 11) is 0. The molecule has 1 atom stereocenters. The molecule has 0 saturated heterocycles. The maximum atomic E-state index is 8.89. The lowest BCUT2D eigenvalue weighted by Gasteiger charge is -2.06. The van der Waals surface area contributed by atoms with Gasteiger partial charge in [-0.15, -0.1) is 0 Å². The number of carbonyl (C=O) groups excluding carboxylic acids is 1. The second-order valence-electron chi connectivity index (χ2n) is 5.70. The fraction of sp³-hybridized carbons (Fsp3) is 0.722. The number of allylic oxidation sites excluding steroid dienone is 2. The normalized spacial score (nSPS) is 16.3. The van der Waals surface area contributed by atoms with Gasteiger partial charge in [0.1, 0.15) is 6.20 Å². The van der Waals surface area contributed by atoms with Gasteiger partial charge in [-0.2, -0.15) is 0 Å². The summed E-state index contributed by atoms with van der Waals surface area (Å²) in [5, 5.41) is 8.89. The fourth-order valence-electron chi connectivity index (χ4n) is 2.39. The molecule has 1 rings (SSSR count). The van der Waals surface area contributed by atoms with Gasteiger partial charge in [0.2, 0.25) is 0 Å². The van der Waals surface area contributed by atoms with Gasteiger partial charge in [0.25, 0.3) is 0 Å². The molecule has 3 nitrogen and oxygen atoms in total. The standard InChI is InChI=1S/C16H29N.C2H4O2/c1-3-5-6-7-8-9-10-11-13-17-14-12-16(4-2)15-17;1-2(3)4/h12,14-15H,3-11,13H2,1-2H3;1H3,(H,3,4). The van der Waals surface area contributed by atoms with Crippen molar-refractivity contribution in [3.63, 3.8) is 0 Å². The molecule has 3 heteroatoms. The van der Waals surface area contributed by atoms with E-state index in [9.17, 15) is 0 Å². The van der Waals surface area contributed by atoms with Gasteiger partial charge in [-0.25, -0.2) is 0 Å². The van der Waals surface area contributed by atoms with Crippen molar-refractivity contribution in [2.24, 2.45) is 0 Å². The minimum Gasteiger partial charge on any atom is -0.550 e. The van der Waals surface area contributed by atoms with Crippen LogP contribution in [0.15, 0.2) is 24.0 Å². The van der Waals surface area contributed by atoms with E-state index in [-0.39, 0.29) is 0 Å². The molecule has 0 aromatic heterocycles. The summed E-state index contributed by atoms with van der Waals surface area (Å²) in [4.78, 5) is 10.4. The highest BCUT2D eigenvalue weighted by Crippen LogP contribution is 2.08. The third-order valence-electron chi connectivity index (χ3n) is 3.61. The van der Waals surface area contributed by atoms with Gasteiger partial charge in [-0.3, -0.25) is 4.90 Å². The highest BCUT2D eigenvalue weighted by atomic mass is 16.4. The molecule has 1 unspecified atom stereocenters. The van der Waals surface area contributed by atoms with Crippen LogP contribution in [-0.2, 0) is 4.79 Å². The van der Waals surface area contributed by atoms with E-state index in [1.807, 2.05) is 0 Å². The Morgan fingerprint density at radius 3 is 2.05 bits per heavy atom. The van der Waals surface area contributed by atoms with E-state index < -0.39 is 5.97 Å². The summed E-state index contributed by atoms with van der Waals surface area (Å²) < 4.78 is 0. The van der Waals surface area contributed by atoms with E-state index in [1.54, 1.807) is 4.90 Å². The number of hydrogen-bond acceptors (Lipinski definition) is 2. The van der Waals surface area contributed by atoms with Crippen LogP contribution in [0.25, 0.3) is 0 Å². The molecular weight excluding hydrogens is 262 g/mol. The molecule has 0 bridgehead atoms. The van der Waals surface area contributed by atoms with Crippen molar-refractivity contribution in [2.75, 3.05) is 6.54 Å². The number of rotatable bonds is 10. The first-order chi connectivity index (χ1) is 10.1. The van der Waals surface area contributed by atoms with Crippen molar-refractivity contribution in [1.29, 1.82) is 0 Å². The Bertz CT molecular complexity index is 317. The van der Waals surface area contributed by atoms with Crippen LogP contribution in [0.4, 0.5) is 0 Å². The van der Waals surface area contributed by atoms with E-state index in [2.05, 4.69) is 32.3 Å². The molecule has 0 aliphatic carbocycles. The summed E-state index contributed by atoms with van der Waals surface area (Å²) in [6, 6.07) is 0. The number of hydrogen-bond donors (Lipinski definition) is 1. The average Bonchev–Trinajstić information content (AvgIpc) is 2.89. The summed E-state index contributed by atoms with van der Waals surface area (Å²) in [5.41, 5.74) is 1.50. The Labute approximate surface area is 130 Å². The number of carbonyl (C=O) groups is 1. The van der Waals surface area contributed by atoms with E-state index in [4.69, 9.17) is 9.90 Å². The van der Waals surface area contributed by atoms with Crippen LogP contribution in [0.3, 0.4) is 0 Å². The number of nitrogens with one attached hydrogen (secondary N) is 1. The number of unbranched alkanes of at least 4 members (excludes halogenated alkanes) is 7. The molecule has 0 aromatic carbocycles. The number of carboxylic acids is 1. The minimum absolute atomic E-state index is 0.972. The zero-order valence-electron chi connectivity index (χ0n) is 14.1. The van der Waals surface area contributed by atoms with Gasteiger partial charge in [-0.1, -0.05) is 52.4 Å². The molecule has 0 radical (unpaired) electrons. The van der Waals surface area contributed by atoms with Crippen LogP contribution < -0.4 is 10.0 Å². The zero-order chi connectivity index (χ0) is 15.9. The van der Waals surface area contributed by atoms with Crippen molar-refractivity contribution >= 4 is 5.97 Å². The zero-order valence-corrected chi connectivity index (χ0v) is 14.1. The van der Waals surface area contributed by atoms with Crippen LogP contribution in [0.2, 0.25) is 0 Å². The first-order valence-electron chi connectivity index (χ1n) is 8.52. The van der Waals surface area contributed by atoms with Crippen LogP contribution in [-0.4, -0.2) is 12.5 Å². The molecule has 21 heavy (non-hydrogen) atoms. The number of quaternary nitrogens is 1. The molecule has 0 saturated carbocycles. The second-order valence-corrected chi connectivity index (χ2v) is 5.70. The Morgan fingerprint density at radius 2 is 1.57 bits per heavy atom. The molecule has 0 fully saturated rings. The van der Waals surface area contributed by atoms with Crippen molar-refractivity contribution in [2.45, 2.75) is 78.6 Å². The summed E-state index contributed by atoms with van der Waals surface area (Å²) in [5.74, 6) is -1.08. The van der Waals surface area contributed by atoms with Crippen LogP contribution in [0, 0.1) is 0 Å². The molecule has 1 aliphatic heterocycles. The maximum absolute atomic E-state index is 8.89. The van der Waals surface area contributed by atoms with E-state index in [0.29, 0.717) is 0 Å². The highest BCUT2D eigenvalue weighted by Gasteiger charge is 2.08. The van der Waals surface area contributed by atoms with Crippen molar-refractivity contribution in [3.05, 3.63) is 24.0 Å². The van der Waals surface area contributed by atoms with E-state index in [1.165, 1.54) is 69.9 Å². The highest BCUT2D eigenvalue weighted by molar-refractivity contribution is 5.60. The van der Waals surface area contributed by atoms with E-state index in [0.717, 1.165) is 6.92 Å². The Hall–Kier alpha value is -1.09. The van der Waals surface area contributed by atoms with Gasteiger partial charge >= 0.3 is 0 Å². The fourth-order valence-corrected chi connectivity index (χ4v) is 2.39. The first kappa shape index (κ1) is 19.9. The topological polar surface area (TPSA) is 44.6 Å². The van der Waals surface area contributed by atoms with Crippen LogP contribution in [0.5, 0.6) is 0 Å². The lowest BCUT2D eigenvalue weighted by atomic mass is 10.1. The third-order valence-corrected chi connectivity index (χ3v) is 3.61. The average molecular weight is 295 g/mol. The van der Waals surface area contributed by atoms with Crippen molar-refractivity contribution in [1.82, 2.24) is 0 Å². The molecule has 0 spiro atoms. The SMILES string of the molecule is CC(=O)[O-].CCCCCCCCCC[NH+]1C=CC(CC)=C1. The molecule has 1 N–H and O–H groups in total. The third kappa shape index (κ3) is 13.6. The molecule has 1 heterocycles. The molecule has 0 aromatic rings. The first-order valence-corrected chi connectivity index (χ1v) is 8.52. The summed E-state index contributed by atoms with van der Waals surface area (Å²) in [6.45, 7) is 6.77. The van der Waals surface area contributed by atoms with Gasteiger partial charge in [0, 0.05) is 17.6 Å². The lowest BCUT2D eigenvalue weighted by molar-refractivity contribution is -0.788. The summed E-state index contributed by atoms with van der Waals surface area (Å²) >= 11 is 0. The quantitative estimate of drug-likeness (QED) is 0.630. The largest absolute Gasteiger partial charge is 0.550 e. The van der Waals surface area contributed by atoms with Gasteiger partial charge < -0.3 is 9.90 Å². The minimum atomic E-state index is -1.08. The lowest BCUT2D eigenvalue weighted by Crippen LogP contribution is -3.01. The Kier molecular flexibility index (Phi) is 13.2. The van der Waals surface area contributed by atoms with Crippen LogP contribution in [0.1, 0.15) is 78.6 Å². The maximum Gasteiger partial charge on any atom is 0.102 e. The van der Waals surface area contributed by atoms with Gasteiger partial charge in [0.15, 0.2) is 0 Å². The summed E-state index contributed by atoms with van der Waals surface area (Å²) in [6.07, 6.45) is 19.5. The smallest absolute Gasteiger partial charge is 0.102 e. The number of aliphatic carboxylic acids is 1. The van der Waals surface area contributed by atoms with Crippen molar-refractivity contribution in [3.8, 4) is 0 Å². The van der Waals surface area contributed by atoms with Gasteiger partial charge in [0.05, 0.1) is 12.7 Å². The number of carboxylic acid groups (broad SMARTS) is 1. The molecule has 122 valence electrons. The Balaban J connectivity index is 0.000000885. The monoisotopic (exact) mass is 295 g/mol. The van der Waals surface area contributed by atoms with Crippen LogP contribution >= 0.6 is 0 Å². The predicted molar refractivity (Wildman–Crippen MR) is 86.6 cm³/mol. The second kappa shape index (κ2) is 13.9. The predicted octanol–water partition coefficient (Wildman–Crippen LogP) is 2.59. The van der Waals surface area contributed by atoms with Crippen molar-refractivity contribution < 1.29 is 14.8 Å². The Morgan fingerprint density at radius 1 is 1.05 bits per heavy atom. The van der Waals surface area contributed by atoms with Gasteiger partial charge in [-0.05, 0) is 26.2 Å². The van der Waals surface area contributed by atoms with E-state index >= 15 is 0 Å². The molecular formula is C18H33NO2. The molecule has 1 aliphatic rings. The molecule has 0 amide bonds.